The molecule has 0 spiro atoms. The zero-order valence-electron chi connectivity index (χ0n) is 8.72. The van der Waals surface area contributed by atoms with Gasteiger partial charge in [0.2, 0.25) is 11.8 Å². The molecule has 14 heavy (non-hydrogen) atoms. The monoisotopic (exact) mass is 200 g/mol. The lowest BCUT2D eigenvalue weighted by Crippen LogP contribution is -2.45. The molecule has 1 atom stereocenters. The molecular weight excluding hydrogens is 184 g/mol. The Morgan fingerprint density at radius 1 is 1.29 bits per heavy atom. The largest absolute Gasteiger partial charge is 0.355 e. The first-order valence-electron chi connectivity index (χ1n) is 4.53. The van der Waals surface area contributed by atoms with Gasteiger partial charge in [0.25, 0.3) is 0 Å². The highest BCUT2D eigenvalue weighted by Gasteiger charge is 2.14. The van der Waals surface area contributed by atoms with Gasteiger partial charge in [0.15, 0.2) is 0 Å². The molecule has 0 aliphatic rings. The molecule has 0 saturated heterocycles. The smallest absolute Gasteiger partial charge is 0.242 e. The average Bonchev–Trinajstić information content (AvgIpc) is 2.02. The summed E-state index contributed by atoms with van der Waals surface area (Å²) in [5.41, 5.74) is 0. The number of Topliss-reactive ketones (excluding diaryl/α,β-unsaturated/α-hetero) is 1. The van der Waals surface area contributed by atoms with Crippen LogP contribution in [0, 0.1) is 0 Å². The number of hydrogen-bond donors (Lipinski definition) is 2. The molecule has 5 nitrogen and oxygen atoms in total. The molecule has 0 aromatic rings. The van der Waals surface area contributed by atoms with Gasteiger partial charge in [-0.25, -0.2) is 0 Å². The predicted molar refractivity (Wildman–Crippen MR) is 51.6 cm³/mol. The average molecular weight is 200 g/mol. The molecule has 0 aromatic heterocycles. The molecule has 0 aliphatic carbocycles. The third-order valence-electron chi connectivity index (χ3n) is 1.53. The van der Waals surface area contributed by atoms with E-state index < -0.39 is 11.9 Å². The van der Waals surface area contributed by atoms with Crippen molar-refractivity contribution in [1.82, 2.24) is 10.6 Å². The van der Waals surface area contributed by atoms with E-state index in [1.165, 1.54) is 6.92 Å². The molecule has 0 radical (unpaired) electrons. The Morgan fingerprint density at radius 3 is 2.29 bits per heavy atom. The van der Waals surface area contributed by atoms with Crippen molar-refractivity contribution in [1.29, 1.82) is 0 Å². The fraction of sp³-hybridized carbons (Fsp3) is 0.667. The van der Waals surface area contributed by atoms with Crippen molar-refractivity contribution in [3.05, 3.63) is 0 Å². The van der Waals surface area contributed by atoms with Crippen molar-refractivity contribution in [2.24, 2.45) is 0 Å². The van der Waals surface area contributed by atoms with Crippen molar-refractivity contribution in [2.45, 2.75) is 33.2 Å². The maximum absolute atomic E-state index is 11.2. The highest BCUT2D eigenvalue weighted by Crippen LogP contribution is 1.86. The second-order valence-corrected chi connectivity index (χ2v) is 3.06. The van der Waals surface area contributed by atoms with E-state index in [1.807, 2.05) is 0 Å². The van der Waals surface area contributed by atoms with Gasteiger partial charge in [0.1, 0.15) is 11.8 Å². The standard InChI is InChI=1S/C9H16N2O3/c1-4-10-9(14)7(3)11-8(13)5-6(2)12/h7H,4-5H2,1-3H3,(H,10,14)(H,11,13). The van der Waals surface area contributed by atoms with Crippen LogP contribution in [0.5, 0.6) is 0 Å². The summed E-state index contributed by atoms with van der Waals surface area (Å²) < 4.78 is 0. The van der Waals surface area contributed by atoms with Crippen molar-refractivity contribution in [3.8, 4) is 0 Å². The Bertz CT molecular complexity index is 238. The summed E-state index contributed by atoms with van der Waals surface area (Å²) in [5, 5.41) is 4.99. The van der Waals surface area contributed by atoms with Crippen LogP contribution in [-0.4, -0.2) is 30.2 Å². The molecular formula is C9H16N2O3. The highest BCUT2D eigenvalue weighted by molar-refractivity contribution is 5.98. The molecule has 0 aromatic carbocycles. The lowest BCUT2D eigenvalue weighted by atomic mass is 10.2. The number of nitrogens with one attached hydrogen (secondary N) is 2. The van der Waals surface area contributed by atoms with Crippen LogP contribution in [0.3, 0.4) is 0 Å². The normalized spacial score (nSPS) is 11.6. The summed E-state index contributed by atoms with van der Waals surface area (Å²) in [6.07, 6.45) is -0.177. The van der Waals surface area contributed by atoms with Gasteiger partial charge in [0.05, 0.1) is 6.42 Å². The van der Waals surface area contributed by atoms with E-state index in [-0.39, 0.29) is 18.1 Å². The van der Waals surface area contributed by atoms with E-state index >= 15 is 0 Å². The second-order valence-electron chi connectivity index (χ2n) is 3.06. The Balaban J connectivity index is 3.92. The molecule has 2 amide bonds. The SMILES string of the molecule is CCNC(=O)C(C)NC(=O)CC(C)=O. The Hall–Kier alpha value is -1.39. The minimum Gasteiger partial charge on any atom is -0.355 e. The van der Waals surface area contributed by atoms with Gasteiger partial charge in [-0.1, -0.05) is 0 Å². The van der Waals surface area contributed by atoms with E-state index in [0.29, 0.717) is 6.54 Å². The number of carbonyl (C=O) groups excluding carboxylic acids is 3. The lowest BCUT2D eigenvalue weighted by molar-refractivity contribution is -0.131. The molecule has 80 valence electrons. The first-order valence-corrected chi connectivity index (χ1v) is 4.53. The molecule has 2 N–H and O–H groups in total. The fourth-order valence-corrected chi connectivity index (χ4v) is 0.911. The maximum Gasteiger partial charge on any atom is 0.242 e. The van der Waals surface area contributed by atoms with E-state index in [9.17, 15) is 14.4 Å². The number of rotatable bonds is 5. The zero-order chi connectivity index (χ0) is 11.1. The summed E-state index contributed by atoms with van der Waals surface area (Å²) in [7, 11) is 0. The number of carbonyl (C=O) groups is 3. The minimum absolute atomic E-state index is 0.177. The van der Waals surface area contributed by atoms with Gasteiger partial charge in [-0.05, 0) is 20.8 Å². The molecule has 0 fully saturated rings. The Kier molecular flexibility index (Phi) is 5.52. The Labute approximate surface area is 83.2 Å². The van der Waals surface area contributed by atoms with E-state index in [0.717, 1.165) is 0 Å². The summed E-state index contributed by atoms with van der Waals surface area (Å²) in [6, 6.07) is -0.596. The lowest BCUT2D eigenvalue weighted by Gasteiger charge is -2.12. The van der Waals surface area contributed by atoms with Crippen LogP contribution in [0.4, 0.5) is 0 Å². The van der Waals surface area contributed by atoms with Crippen LogP contribution < -0.4 is 10.6 Å². The summed E-state index contributed by atoms with van der Waals surface area (Å²) in [6.45, 7) is 5.22. The zero-order valence-corrected chi connectivity index (χ0v) is 8.72. The van der Waals surface area contributed by atoms with Gasteiger partial charge in [0, 0.05) is 6.54 Å². The molecule has 0 rings (SSSR count). The van der Waals surface area contributed by atoms with Crippen molar-refractivity contribution in [2.75, 3.05) is 6.54 Å². The van der Waals surface area contributed by atoms with Gasteiger partial charge in [-0.15, -0.1) is 0 Å². The molecule has 0 saturated carbocycles. The van der Waals surface area contributed by atoms with Crippen molar-refractivity contribution in [3.63, 3.8) is 0 Å². The fourth-order valence-electron chi connectivity index (χ4n) is 0.911. The summed E-state index contributed by atoms with van der Waals surface area (Å²) in [5.74, 6) is -0.883. The minimum atomic E-state index is -0.596. The van der Waals surface area contributed by atoms with E-state index in [4.69, 9.17) is 0 Å². The van der Waals surface area contributed by atoms with E-state index in [1.54, 1.807) is 13.8 Å². The third kappa shape index (κ3) is 5.29. The number of hydrogen-bond acceptors (Lipinski definition) is 3. The van der Waals surface area contributed by atoms with Crippen LogP contribution in [0.25, 0.3) is 0 Å². The first kappa shape index (κ1) is 12.6. The summed E-state index contributed by atoms with van der Waals surface area (Å²) in [4.78, 5) is 32.8. The third-order valence-corrected chi connectivity index (χ3v) is 1.53. The van der Waals surface area contributed by atoms with Crippen LogP contribution >= 0.6 is 0 Å². The molecule has 0 aliphatic heterocycles. The molecule has 1 unspecified atom stereocenters. The number of ketones is 1. The van der Waals surface area contributed by atoms with Gasteiger partial charge < -0.3 is 10.6 Å². The molecule has 0 heterocycles. The van der Waals surface area contributed by atoms with Crippen LogP contribution in [0.1, 0.15) is 27.2 Å². The Morgan fingerprint density at radius 2 is 1.86 bits per heavy atom. The quantitative estimate of drug-likeness (QED) is 0.593. The van der Waals surface area contributed by atoms with Crippen LogP contribution in [0.15, 0.2) is 0 Å². The second kappa shape index (κ2) is 6.12. The van der Waals surface area contributed by atoms with Crippen LogP contribution in [0.2, 0.25) is 0 Å². The van der Waals surface area contributed by atoms with Gasteiger partial charge in [-0.2, -0.15) is 0 Å². The van der Waals surface area contributed by atoms with Crippen LogP contribution in [-0.2, 0) is 14.4 Å². The highest BCUT2D eigenvalue weighted by atomic mass is 16.2. The van der Waals surface area contributed by atoms with Gasteiger partial charge in [-0.3, -0.25) is 14.4 Å². The topological polar surface area (TPSA) is 75.3 Å². The van der Waals surface area contributed by atoms with Crippen molar-refractivity contribution >= 4 is 17.6 Å². The molecule has 5 heteroatoms. The summed E-state index contributed by atoms with van der Waals surface area (Å²) >= 11 is 0. The van der Waals surface area contributed by atoms with E-state index in [2.05, 4.69) is 10.6 Å². The maximum atomic E-state index is 11.2. The first-order chi connectivity index (χ1) is 6.47. The molecule has 0 bridgehead atoms. The van der Waals surface area contributed by atoms with Crippen molar-refractivity contribution < 1.29 is 14.4 Å². The number of likely N-dealkylation sites (N-methyl/N-ethyl adjacent to an activating group) is 1. The van der Waals surface area contributed by atoms with Gasteiger partial charge >= 0.3 is 0 Å². The predicted octanol–water partition coefficient (Wildman–Crippen LogP) is -0.394. The number of amides is 2.